The molecule has 0 spiro atoms. The van der Waals surface area contributed by atoms with Crippen molar-refractivity contribution in [3.05, 3.63) is 29.8 Å². The lowest BCUT2D eigenvalue weighted by Gasteiger charge is -2.26. The van der Waals surface area contributed by atoms with E-state index in [1.54, 1.807) is 7.11 Å². The normalized spacial score (nSPS) is 22.1. The number of methoxy groups -OCH3 is 1. The molecule has 0 saturated carbocycles. The highest BCUT2D eigenvalue weighted by Gasteiger charge is 2.18. The number of benzene rings is 1. The smallest absolute Gasteiger partial charge is 0.119 e. The lowest BCUT2D eigenvalue weighted by atomic mass is 10.0. The third-order valence-electron chi connectivity index (χ3n) is 3.04. The summed E-state index contributed by atoms with van der Waals surface area (Å²) >= 11 is 0. The van der Waals surface area contributed by atoms with Crippen molar-refractivity contribution >= 4 is 0 Å². The Bertz CT molecular complexity index is 351. The zero-order chi connectivity index (χ0) is 12.1. The van der Waals surface area contributed by atoms with Crippen molar-refractivity contribution in [3.63, 3.8) is 0 Å². The minimum Gasteiger partial charge on any atom is -0.497 e. The van der Waals surface area contributed by atoms with Crippen molar-refractivity contribution in [2.45, 2.75) is 18.6 Å². The monoisotopic (exact) mass is 236 g/mol. The predicted molar refractivity (Wildman–Crippen MR) is 67.1 cm³/mol. The Morgan fingerprint density at radius 1 is 1.59 bits per heavy atom. The van der Waals surface area contributed by atoms with E-state index in [0.29, 0.717) is 0 Å². The largest absolute Gasteiger partial charge is 0.497 e. The van der Waals surface area contributed by atoms with E-state index in [-0.39, 0.29) is 12.1 Å². The molecule has 0 aliphatic carbocycles. The van der Waals surface area contributed by atoms with Crippen LogP contribution in [0.2, 0.25) is 0 Å². The van der Waals surface area contributed by atoms with Crippen molar-refractivity contribution in [3.8, 4) is 5.75 Å². The standard InChI is InChI=1S/C13H20N2O2/c1-16-11-4-2-3-10(7-11)13(14)8-12-9-15-5-6-17-12/h2-4,7,12-13,15H,5-6,8-9,14H2,1H3. The van der Waals surface area contributed by atoms with Gasteiger partial charge in [0.15, 0.2) is 0 Å². The van der Waals surface area contributed by atoms with Gasteiger partial charge in [-0.15, -0.1) is 0 Å². The summed E-state index contributed by atoms with van der Waals surface area (Å²) in [5, 5.41) is 3.31. The van der Waals surface area contributed by atoms with Gasteiger partial charge in [0.2, 0.25) is 0 Å². The van der Waals surface area contributed by atoms with E-state index in [1.165, 1.54) is 0 Å². The fourth-order valence-corrected chi connectivity index (χ4v) is 2.06. The summed E-state index contributed by atoms with van der Waals surface area (Å²) in [7, 11) is 1.67. The van der Waals surface area contributed by atoms with E-state index in [0.717, 1.165) is 37.4 Å². The van der Waals surface area contributed by atoms with Gasteiger partial charge in [0.05, 0.1) is 19.8 Å². The summed E-state index contributed by atoms with van der Waals surface area (Å²) in [4.78, 5) is 0. The van der Waals surface area contributed by atoms with Crippen LogP contribution in [-0.2, 0) is 4.74 Å². The van der Waals surface area contributed by atoms with E-state index in [2.05, 4.69) is 5.32 Å². The Morgan fingerprint density at radius 2 is 2.47 bits per heavy atom. The zero-order valence-corrected chi connectivity index (χ0v) is 10.2. The molecule has 1 aromatic rings. The van der Waals surface area contributed by atoms with E-state index in [9.17, 15) is 0 Å². The van der Waals surface area contributed by atoms with Crippen LogP contribution in [0.3, 0.4) is 0 Å². The quantitative estimate of drug-likeness (QED) is 0.821. The number of morpholine rings is 1. The van der Waals surface area contributed by atoms with Crippen LogP contribution in [0.4, 0.5) is 0 Å². The van der Waals surface area contributed by atoms with Crippen molar-refractivity contribution in [1.82, 2.24) is 5.32 Å². The van der Waals surface area contributed by atoms with Gasteiger partial charge >= 0.3 is 0 Å². The second-order valence-electron chi connectivity index (χ2n) is 4.32. The number of hydrogen-bond donors (Lipinski definition) is 2. The van der Waals surface area contributed by atoms with Crippen LogP contribution >= 0.6 is 0 Å². The first-order valence-corrected chi connectivity index (χ1v) is 6.01. The highest BCUT2D eigenvalue weighted by molar-refractivity contribution is 5.30. The van der Waals surface area contributed by atoms with E-state index < -0.39 is 0 Å². The Kier molecular flexibility index (Phi) is 4.36. The van der Waals surface area contributed by atoms with Crippen LogP contribution in [0.5, 0.6) is 5.75 Å². The number of nitrogens with two attached hydrogens (primary N) is 1. The molecule has 2 atom stereocenters. The molecule has 4 nitrogen and oxygen atoms in total. The molecule has 1 aliphatic rings. The Labute approximate surface area is 102 Å². The van der Waals surface area contributed by atoms with E-state index >= 15 is 0 Å². The molecule has 0 radical (unpaired) electrons. The van der Waals surface area contributed by atoms with Gasteiger partial charge < -0.3 is 20.5 Å². The van der Waals surface area contributed by atoms with Gasteiger partial charge in [-0.05, 0) is 24.1 Å². The summed E-state index contributed by atoms with van der Waals surface area (Å²) in [6.45, 7) is 2.60. The highest BCUT2D eigenvalue weighted by Crippen LogP contribution is 2.21. The van der Waals surface area contributed by atoms with E-state index in [1.807, 2.05) is 24.3 Å². The van der Waals surface area contributed by atoms with Crippen molar-refractivity contribution in [2.75, 3.05) is 26.8 Å². The van der Waals surface area contributed by atoms with E-state index in [4.69, 9.17) is 15.2 Å². The summed E-state index contributed by atoms with van der Waals surface area (Å²) in [5.41, 5.74) is 7.28. The minimum atomic E-state index is -0.00463. The third-order valence-corrected chi connectivity index (χ3v) is 3.04. The van der Waals surface area contributed by atoms with Crippen LogP contribution in [0.1, 0.15) is 18.0 Å². The molecule has 1 aliphatic heterocycles. The summed E-state index contributed by atoms with van der Waals surface area (Å²) in [5.74, 6) is 0.848. The van der Waals surface area contributed by atoms with Gasteiger partial charge in [0.1, 0.15) is 5.75 Å². The zero-order valence-electron chi connectivity index (χ0n) is 10.2. The topological polar surface area (TPSA) is 56.5 Å². The number of ether oxygens (including phenoxy) is 2. The minimum absolute atomic E-state index is 0.00463. The molecule has 0 aromatic heterocycles. The maximum Gasteiger partial charge on any atom is 0.119 e. The predicted octanol–water partition coefficient (Wildman–Crippen LogP) is 1.07. The van der Waals surface area contributed by atoms with Crippen LogP contribution in [-0.4, -0.2) is 32.9 Å². The molecule has 1 aromatic carbocycles. The molecule has 1 heterocycles. The Morgan fingerprint density at radius 3 is 3.18 bits per heavy atom. The average Bonchev–Trinajstić information content (AvgIpc) is 2.40. The second-order valence-corrected chi connectivity index (χ2v) is 4.32. The van der Waals surface area contributed by atoms with Gasteiger partial charge in [0.25, 0.3) is 0 Å². The second kappa shape index (κ2) is 6.00. The van der Waals surface area contributed by atoms with Crippen molar-refractivity contribution < 1.29 is 9.47 Å². The maximum atomic E-state index is 6.19. The number of nitrogens with one attached hydrogen (secondary N) is 1. The molecule has 94 valence electrons. The molecule has 3 N–H and O–H groups in total. The molecular weight excluding hydrogens is 216 g/mol. The lowest BCUT2D eigenvalue weighted by Crippen LogP contribution is -2.40. The van der Waals surface area contributed by atoms with Crippen LogP contribution < -0.4 is 15.8 Å². The Hall–Kier alpha value is -1.10. The van der Waals surface area contributed by atoms with Crippen molar-refractivity contribution in [2.24, 2.45) is 5.73 Å². The van der Waals surface area contributed by atoms with Crippen molar-refractivity contribution in [1.29, 1.82) is 0 Å². The fraction of sp³-hybridized carbons (Fsp3) is 0.538. The summed E-state index contributed by atoms with van der Waals surface area (Å²) in [6, 6.07) is 7.91. The fourth-order valence-electron chi connectivity index (χ4n) is 2.06. The first kappa shape index (κ1) is 12.4. The molecule has 1 saturated heterocycles. The lowest BCUT2D eigenvalue weighted by molar-refractivity contribution is 0.0195. The average molecular weight is 236 g/mol. The van der Waals surface area contributed by atoms with Gasteiger partial charge in [0, 0.05) is 19.1 Å². The Balaban J connectivity index is 1.95. The van der Waals surface area contributed by atoms with Gasteiger partial charge in [-0.25, -0.2) is 0 Å². The first-order chi connectivity index (χ1) is 8.29. The van der Waals surface area contributed by atoms with Gasteiger partial charge in [-0.1, -0.05) is 12.1 Å². The van der Waals surface area contributed by atoms with Crippen LogP contribution in [0.25, 0.3) is 0 Å². The molecule has 0 amide bonds. The molecule has 17 heavy (non-hydrogen) atoms. The molecule has 0 bridgehead atoms. The number of rotatable bonds is 4. The first-order valence-electron chi connectivity index (χ1n) is 6.01. The number of hydrogen-bond acceptors (Lipinski definition) is 4. The summed E-state index contributed by atoms with van der Waals surface area (Å²) in [6.07, 6.45) is 1.05. The van der Waals surface area contributed by atoms with Crippen LogP contribution in [0.15, 0.2) is 24.3 Å². The summed E-state index contributed by atoms with van der Waals surface area (Å²) < 4.78 is 10.8. The maximum absolute atomic E-state index is 6.19. The van der Waals surface area contributed by atoms with Crippen LogP contribution in [0, 0.1) is 0 Å². The highest BCUT2D eigenvalue weighted by atomic mass is 16.5. The molecule has 4 heteroatoms. The SMILES string of the molecule is COc1cccc(C(N)CC2CNCCO2)c1. The third kappa shape index (κ3) is 3.43. The molecule has 2 rings (SSSR count). The molecular formula is C13H20N2O2. The van der Waals surface area contributed by atoms with Gasteiger partial charge in [-0.2, -0.15) is 0 Å². The molecule has 1 fully saturated rings. The van der Waals surface area contributed by atoms with Gasteiger partial charge in [-0.3, -0.25) is 0 Å². The molecule has 2 unspecified atom stereocenters.